The van der Waals surface area contributed by atoms with E-state index in [1.54, 1.807) is 12.1 Å². The van der Waals surface area contributed by atoms with Crippen LogP contribution in [0.3, 0.4) is 0 Å². The number of carbonyl (C=O) groups is 2. The van der Waals surface area contributed by atoms with Gasteiger partial charge in [-0.05, 0) is 70.2 Å². The predicted octanol–water partition coefficient (Wildman–Crippen LogP) is 8.17. The second-order valence-corrected chi connectivity index (χ2v) is 11.3. The molecule has 214 valence electrons. The van der Waals surface area contributed by atoms with E-state index < -0.39 is 5.97 Å². The van der Waals surface area contributed by atoms with Gasteiger partial charge in [0.1, 0.15) is 0 Å². The average molecular weight is 566 g/mol. The van der Waals surface area contributed by atoms with Gasteiger partial charge in [-0.3, -0.25) is 4.79 Å². The highest BCUT2D eigenvalue weighted by atomic mass is 16.4. The van der Waals surface area contributed by atoms with E-state index in [4.69, 9.17) is 0 Å². The van der Waals surface area contributed by atoms with Crippen LogP contribution in [0.5, 0.6) is 0 Å². The number of hydrogen-bond acceptors (Lipinski definition) is 2. The molecule has 6 rings (SSSR count). The number of fused-ring (bicyclic) bond motifs is 1. The zero-order valence-electron chi connectivity index (χ0n) is 24.1. The van der Waals surface area contributed by atoms with Crippen molar-refractivity contribution in [2.75, 3.05) is 0 Å². The lowest BCUT2D eigenvalue weighted by Gasteiger charge is -2.42. The van der Waals surface area contributed by atoms with Crippen LogP contribution in [0.25, 0.3) is 11.1 Å². The van der Waals surface area contributed by atoms with Gasteiger partial charge in [0.2, 0.25) is 5.91 Å². The van der Waals surface area contributed by atoms with Gasteiger partial charge in [-0.25, -0.2) is 4.79 Å². The van der Waals surface area contributed by atoms with Crippen LogP contribution >= 0.6 is 0 Å². The van der Waals surface area contributed by atoms with Gasteiger partial charge in [0.15, 0.2) is 0 Å². The zero-order chi connectivity index (χ0) is 29.6. The number of aromatic carboxylic acids is 1. The largest absolute Gasteiger partial charge is 0.478 e. The molecular weight excluding hydrogens is 530 g/mol. The van der Waals surface area contributed by atoms with Gasteiger partial charge in [-0.2, -0.15) is 0 Å². The number of hydrogen-bond donors (Lipinski definition) is 1. The quantitative estimate of drug-likeness (QED) is 0.196. The third-order valence-electron chi connectivity index (χ3n) is 8.60. The Kier molecular flexibility index (Phi) is 8.46. The molecule has 0 radical (unpaired) electrons. The van der Waals surface area contributed by atoms with Crippen LogP contribution < -0.4 is 0 Å². The second kappa shape index (κ2) is 12.9. The Balaban J connectivity index is 1.41. The van der Waals surface area contributed by atoms with Gasteiger partial charge in [0.05, 0.1) is 18.0 Å². The van der Waals surface area contributed by atoms with E-state index in [1.165, 1.54) is 16.7 Å². The molecule has 4 nitrogen and oxygen atoms in total. The fourth-order valence-corrected chi connectivity index (χ4v) is 6.58. The number of aryl methyl sites for hydroxylation is 1. The Bertz CT molecular complexity index is 1710. The van der Waals surface area contributed by atoms with Crippen LogP contribution in [-0.4, -0.2) is 21.9 Å². The van der Waals surface area contributed by atoms with Crippen LogP contribution in [0.4, 0.5) is 0 Å². The minimum Gasteiger partial charge on any atom is -0.478 e. The van der Waals surface area contributed by atoms with Crippen LogP contribution in [0.2, 0.25) is 0 Å². The van der Waals surface area contributed by atoms with Crippen molar-refractivity contribution in [2.45, 2.75) is 38.3 Å². The number of nitrogens with zero attached hydrogens (tertiary/aromatic N) is 1. The molecule has 5 aromatic carbocycles. The van der Waals surface area contributed by atoms with Crippen LogP contribution in [0.1, 0.15) is 50.6 Å². The lowest BCUT2D eigenvalue weighted by molar-refractivity contribution is -0.135. The highest BCUT2D eigenvalue weighted by Gasteiger charge is 2.36. The molecule has 0 fully saturated rings. The van der Waals surface area contributed by atoms with E-state index in [0.717, 1.165) is 36.0 Å². The molecule has 2 atom stereocenters. The maximum absolute atomic E-state index is 14.6. The summed E-state index contributed by atoms with van der Waals surface area (Å²) in [6, 6.07) is 43.9. The van der Waals surface area contributed by atoms with Crippen molar-refractivity contribution in [3.05, 3.63) is 167 Å². The summed E-state index contributed by atoms with van der Waals surface area (Å²) < 4.78 is 0. The Hall–Kier alpha value is -4.96. The lowest BCUT2D eigenvalue weighted by Crippen LogP contribution is -2.42. The van der Waals surface area contributed by atoms with Gasteiger partial charge >= 0.3 is 5.97 Å². The van der Waals surface area contributed by atoms with Crippen molar-refractivity contribution in [3.8, 4) is 11.1 Å². The highest BCUT2D eigenvalue weighted by Crippen LogP contribution is 2.42. The molecule has 0 saturated heterocycles. The SMILES string of the molecule is O=C(O)c1ccccc1-c1ccccc1CC(=O)N(Cc1ccccc1)[C@@H]1c2ccccc2CC[C@H]1Cc1ccccc1. The van der Waals surface area contributed by atoms with Crippen molar-refractivity contribution in [2.24, 2.45) is 5.92 Å². The van der Waals surface area contributed by atoms with Crippen LogP contribution in [0.15, 0.2) is 133 Å². The van der Waals surface area contributed by atoms with Crippen LogP contribution in [-0.2, 0) is 30.6 Å². The van der Waals surface area contributed by atoms with Crippen molar-refractivity contribution < 1.29 is 14.7 Å². The molecule has 0 aromatic heterocycles. The maximum atomic E-state index is 14.6. The third kappa shape index (κ3) is 6.29. The molecular formula is C39H35NO3. The molecule has 0 heterocycles. The smallest absolute Gasteiger partial charge is 0.336 e. The first-order chi connectivity index (χ1) is 21.1. The van der Waals surface area contributed by atoms with Gasteiger partial charge in [-0.15, -0.1) is 0 Å². The van der Waals surface area contributed by atoms with Gasteiger partial charge in [-0.1, -0.05) is 127 Å². The molecule has 1 aliphatic carbocycles. The maximum Gasteiger partial charge on any atom is 0.336 e. The Morgan fingerprint density at radius 2 is 1.28 bits per heavy atom. The van der Waals surface area contributed by atoms with E-state index in [9.17, 15) is 14.7 Å². The molecule has 1 N–H and O–H groups in total. The number of carbonyl (C=O) groups excluding carboxylic acids is 1. The molecule has 0 aliphatic heterocycles. The molecule has 0 bridgehead atoms. The second-order valence-electron chi connectivity index (χ2n) is 11.3. The summed E-state index contributed by atoms with van der Waals surface area (Å²) in [5.41, 5.74) is 7.34. The van der Waals surface area contributed by atoms with Crippen molar-refractivity contribution in [1.29, 1.82) is 0 Å². The van der Waals surface area contributed by atoms with Crippen molar-refractivity contribution >= 4 is 11.9 Å². The number of rotatable bonds is 9. The Labute approximate surface area is 253 Å². The predicted molar refractivity (Wildman–Crippen MR) is 171 cm³/mol. The third-order valence-corrected chi connectivity index (χ3v) is 8.60. The Morgan fingerprint density at radius 1 is 0.674 bits per heavy atom. The Morgan fingerprint density at radius 3 is 2.02 bits per heavy atom. The average Bonchev–Trinajstić information content (AvgIpc) is 3.05. The standard InChI is InChI=1S/C39H35NO3/c41-37(26-31-18-8-9-19-33(31)35-21-11-12-22-36(35)39(42)43)40(27-29-15-5-2-6-16-29)38-32(25-28-13-3-1-4-14-28)24-23-30-17-7-10-20-34(30)38/h1-22,32,38H,23-27H2,(H,42,43)/t32-,38-/m0/s1. The summed E-state index contributed by atoms with van der Waals surface area (Å²) in [4.78, 5) is 28.8. The minimum absolute atomic E-state index is 0.0314. The molecule has 4 heteroatoms. The van der Waals surface area contributed by atoms with Crippen LogP contribution in [0, 0.1) is 5.92 Å². The molecule has 0 spiro atoms. The van der Waals surface area contributed by atoms with Crippen molar-refractivity contribution in [1.82, 2.24) is 4.90 Å². The normalized spacial score (nSPS) is 15.8. The minimum atomic E-state index is -0.981. The number of carboxylic acid groups (broad SMARTS) is 1. The van der Waals surface area contributed by atoms with Crippen molar-refractivity contribution in [3.63, 3.8) is 0 Å². The van der Waals surface area contributed by atoms with Gasteiger partial charge in [0, 0.05) is 6.54 Å². The van der Waals surface area contributed by atoms with E-state index in [-0.39, 0.29) is 29.9 Å². The fraction of sp³-hybridized carbons (Fsp3) is 0.179. The number of benzene rings is 5. The lowest BCUT2D eigenvalue weighted by atomic mass is 9.76. The monoisotopic (exact) mass is 565 g/mol. The van der Waals surface area contributed by atoms with Gasteiger partial charge < -0.3 is 10.0 Å². The molecule has 0 unspecified atom stereocenters. The summed E-state index contributed by atoms with van der Waals surface area (Å²) in [5, 5.41) is 9.89. The number of carboxylic acids is 1. The van der Waals surface area contributed by atoms with E-state index in [2.05, 4.69) is 65.6 Å². The summed E-state index contributed by atoms with van der Waals surface area (Å²) in [7, 11) is 0. The van der Waals surface area contributed by atoms with E-state index in [0.29, 0.717) is 12.1 Å². The number of amides is 1. The van der Waals surface area contributed by atoms with E-state index in [1.807, 2.05) is 60.7 Å². The highest BCUT2D eigenvalue weighted by molar-refractivity contribution is 5.97. The van der Waals surface area contributed by atoms with E-state index >= 15 is 0 Å². The summed E-state index contributed by atoms with van der Waals surface area (Å²) >= 11 is 0. The first-order valence-electron chi connectivity index (χ1n) is 14.9. The molecule has 5 aromatic rings. The van der Waals surface area contributed by atoms with Gasteiger partial charge in [0.25, 0.3) is 0 Å². The zero-order valence-corrected chi connectivity index (χ0v) is 24.1. The summed E-state index contributed by atoms with van der Waals surface area (Å²) in [6.45, 7) is 0.498. The molecule has 1 aliphatic rings. The summed E-state index contributed by atoms with van der Waals surface area (Å²) in [5.74, 6) is -0.693. The fourth-order valence-electron chi connectivity index (χ4n) is 6.58. The topological polar surface area (TPSA) is 57.6 Å². The molecule has 0 saturated carbocycles. The summed E-state index contributed by atoms with van der Waals surface area (Å²) in [6.07, 6.45) is 3.05. The first-order valence-corrected chi connectivity index (χ1v) is 14.9. The molecule has 1 amide bonds. The molecule has 43 heavy (non-hydrogen) atoms. The first kappa shape index (κ1) is 28.2.